The summed E-state index contributed by atoms with van der Waals surface area (Å²) in [7, 11) is 0. The number of nitro groups is 1. The van der Waals surface area contributed by atoms with Crippen LogP contribution in [0.3, 0.4) is 0 Å². The van der Waals surface area contributed by atoms with Gasteiger partial charge in [-0.25, -0.2) is 0 Å². The van der Waals surface area contributed by atoms with Crippen molar-refractivity contribution in [3.63, 3.8) is 0 Å². The molecule has 3 N–H and O–H groups in total. The number of benzene rings is 3. The van der Waals surface area contributed by atoms with Gasteiger partial charge in [-0.1, -0.05) is 18.2 Å². The molecule has 3 aromatic carbocycles. The monoisotopic (exact) mass is 409 g/mol. The Morgan fingerprint density at radius 2 is 1.52 bits per heavy atom. The minimum absolute atomic E-state index is 0. The first kappa shape index (κ1) is 19.9. The number of nitro benzene ring substituents is 1. The van der Waals surface area contributed by atoms with E-state index in [1.807, 2.05) is 30.3 Å². The van der Waals surface area contributed by atoms with Crippen molar-refractivity contribution in [2.75, 3.05) is 5.32 Å². The zero-order valence-corrected chi connectivity index (χ0v) is 14.8. The summed E-state index contributed by atoms with van der Waals surface area (Å²) in [5.41, 5.74) is 1.40. The normalized spacial score (nSPS) is 10.4. The zero-order valence-electron chi connectivity index (χ0n) is 13.7. The van der Waals surface area contributed by atoms with Crippen LogP contribution in [0, 0.1) is 10.1 Å². The van der Waals surface area contributed by atoms with E-state index in [0.717, 1.165) is 17.8 Å². The average Bonchev–Trinajstić information content (AvgIpc) is 2.63. The summed E-state index contributed by atoms with van der Waals surface area (Å²) < 4.78 is 0. The number of azo groups is 1. The molecule has 0 saturated carbocycles. The third-order valence-corrected chi connectivity index (χ3v) is 3.47. The maximum Gasteiger partial charge on any atom is 0.271 e. The Kier molecular flexibility index (Phi) is 6.47. The van der Waals surface area contributed by atoms with Crippen LogP contribution >= 0.6 is 0 Å². The summed E-state index contributed by atoms with van der Waals surface area (Å²) in [5, 5.41) is 41.4. The molecule has 0 unspecified atom stereocenters. The maximum atomic E-state index is 10.8. The molecule has 0 fully saturated rings. The van der Waals surface area contributed by atoms with E-state index in [1.165, 1.54) is 12.1 Å². The third kappa shape index (κ3) is 5.03. The van der Waals surface area contributed by atoms with Crippen molar-refractivity contribution < 1.29 is 31.9 Å². The van der Waals surface area contributed by atoms with Gasteiger partial charge in [0.2, 0.25) is 0 Å². The molecule has 0 bridgehead atoms. The molecule has 0 aliphatic carbocycles. The fraction of sp³-hybridized carbons (Fsp3) is 0. The summed E-state index contributed by atoms with van der Waals surface area (Å²) in [4.78, 5) is 10.2. The fourth-order valence-electron chi connectivity index (χ4n) is 2.19. The van der Waals surface area contributed by atoms with Gasteiger partial charge in [0, 0.05) is 46.4 Å². The number of hydrogen-bond donors (Lipinski definition) is 3. The molecule has 8 nitrogen and oxygen atoms in total. The molecular weight excluding hydrogens is 395 g/mol. The van der Waals surface area contributed by atoms with E-state index in [0.29, 0.717) is 5.69 Å². The Morgan fingerprint density at radius 1 is 0.815 bits per heavy atom. The quantitative estimate of drug-likeness (QED) is 0.305. The van der Waals surface area contributed by atoms with Crippen molar-refractivity contribution in [1.82, 2.24) is 0 Å². The molecule has 9 heteroatoms. The minimum Gasteiger partial charge on any atom is -0.506 e. The van der Waals surface area contributed by atoms with Crippen LogP contribution in [0.4, 0.5) is 28.4 Å². The second-order valence-electron chi connectivity index (χ2n) is 5.32. The molecular formula is C18H14CoN4O4. The predicted molar refractivity (Wildman–Crippen MR) is 96.8 cm³/mol. The molecule has 27 heavy (non-hydrogen) atoms. The number of phenolic OH excluding ortho intramolecular Hbond substituents is 2. The van der Waals surface area contributed by atoms with E-state index in [1.54, 1.807) is 12.1 Å². The van der Waals surface area contributed by atoms with Gasteiger partial charge in [0.15, 0.2) is 0 Å². The molecule has 0 atom stereocenters. The molecule has 3 rings (SSSR count). The average molecular weight is 409 g/mol. The van der Waals surface area contributed by atoms with Crippen molar-refractivity contribution in [2.24, 2.45) is 10.2 Å². The molecule has 3 aromatic rings. The zero-order chi connectivity index (χ0) is 18.5. The Bertz CT molecular complexity index is 980. The van der Waals surface area contributed by atoms with E-state index in [-0.39, 0.29) is 45.3 Å². The van der Waals surface area contributed by atoms with Crippen LogP contribution in [0.2, 0.25) is 0 Å². The molecule has 139 valence electrons. The molecule has 0 amide bonds. The van der Waals surface area contributed by atoms with Crippen LogP contribution < -0.4 is 5.32 Å². The first-order chi connectivity index (χ1) is 12.5. The number of phenols is 2. The van der Waals surface area contributed by atoms with E-state index in [9.17, 15) is 20.3 Å². The van der Waals surface area contributed by atoms with Gasteiger partial charge in [0.1, 0.15) is 22.9 Å². The fourth-order valence-corrected chi connectivity index (χ4v) is 2.19. The third-order valence-electron chi connectivity index (χ3n) is 3.47. The van der Waals surface area contributed by atoms with Crippen molar-refractivity contribution in [1.29, 1.82) is 0 Å². The summed E-state index contributed by atoms with van der Waals surface area (Å²) in [6.45, 7) is 0. The Balaban J connectivity index is 0.00000261. The van der Waals surface area contributed by atoms with Gasteiger partial charge in [-0.2, -0.15) is 0 Å². The van der Waals surface area contributed by atoms with Crippen LogP contribution in [0.1, 0.15) is 0 Å². The van der Waals surface area contributed by atoms with Crippen LogP contribution in [-0.2, 0) is 16.8 Å². The Morgan fingerprint density at radius 3 is 2.19 bits per heavy atom. The van der Waals surface area contributed by atoms with Gasteiger partial charge < -0.3 is 15.5 Å². The number of hydrogen-bond acceptors (Lipinski definition) is 7. The predicted octanol–water partition coefficient (Wildman–Crippen LogP) is 5.16. The number of nitrogens with one attached hydrogen (secondary N) is 1. The van der Waals surface area contributed by atoms with E-state index >= 15 is 0 Å². The van der Waals surface area contributed by atoms with E-state index in [4.69, 9.17) is 0 Å². The molecule has 1 radical (unpaired) electrons. The van der Waals surface area contributed by atoms with Gasteiger partial charge in [0.25, 0.3) is 5.69 Å². The van der Waals surface area contributed by atoms with Crippen LogP contribution in [0.5, 0.6) is 11.5 Å². The topological polar surface area (TPSA) is 120 Å². The number of aromatic hydroxyl groups is 2. The number of nitrogens with zero attached hydrogens (tertiary/aromatic N) is 3. The first-order valence-corrected chi connectivity index (χ1v) is 7.57. The Hall–Kier alpha value is -3.43. The largest absolute Gasteiger partial charge is 0.506 e. The number of para-hydroxylation sites is 1. The number of non-ortho nitro benzene ring substituents is 1. The summed E-state index contributed by atoms with van der Waals surface area (Å²) in [6, 6.07) is 17.6. The molecule has 0 aliphatic heterocycles. The molecule has 0 saturated heterocycles. The smallest absolute Gasteiger partial charge is 0.271 e. The van der Waals surface area contributed by atoms with E-state index in [2.05, 4.69) is 15.5 Å². The van der Waals surface area contributed by atoms with Gasteiger partial charge >= 0.3 is 0 Å². The SMILES string of the molecule is O=[N+]([O-])c1ccc(O)c(N=Nc2ccc(Nc3ccccc3)cc2O)c1.[Co]. The van der Waals surface area contributed by atoms with Crippen LogP contribution in [0.15, 0.2) is 77.0 Å². The van der Waals surface area contributed by atoms with Gasteiger partial charge in [-0.3, -0.25) is 10.1 Å². The first-order valence-electron chi connectivity index (χ1n) is 7.57. The van der Waals surface area contributed by atoms with Crippen molar-refractivity contribution >= 4 is 28.4 Å². The molecule has 0 spiro atoms. The summed E-state index contributed by atoms with van der Waals surface area (Å²) >= 11 is 0. The van der Waals surface area contributed by atoms with E-state index < -0.39 is 4.92 Å². The van der Waals surface area contributed by atoms with Crippen molar-refractivity contribution in [3.8, 4) is 11.5 Å². The summed E-state index contributed by atoms with van der Waals surface area (Å²) in [6.07, 6.45) is 0. The molecule has 0 heterocycles. The second kappa shape index (κ2) is 8.78. The van der Waals surface area contributed by atoms with Crippen LogP contribution in [-0.4, -0.2) is 15.1 Å². The van der Waals surface area contributed by atoms with Gasteiger partial charge in [-0.05, 0) is 30.3 Å². The second-order valence-corrected chi connectivity index (χ2v) is 5.32. The number of anilines is 2. The van der Waals surface area contributed by atoms with Crippen molar-refractivity contribution in [2.45, 2.75) is 0 Å². The van der Waals surface area contributed by atoms with Gasteiger partial charge in [0.05, 0.1) is 4.92 Å². The van der Waals surface area contributed by atoms with Gasteiger partial charge in [-0.15, -0.1) is 10.2 Å². The number of rotatable bonds is 5. The minimum atomic E-state index is -0.597. The molecule has 0 aromatic heterocycles. The molecule has 0 aliphatic rings. The van der Waals surface area contributed by atoms with Crippen molar-refractivity contribution in [3.05, 3.63) is 76.8 Å². The maximum absolute atomic E-state index is 10.8. The Labute approximate surface area is 164 Å². The standard InChI is InChI=1S/C18H14N4O4.Co/c23-17-9-7-14(22(25)26)11-16(17)21-20-15-8-6-13(10-18(15)24)19-12-4-2-1-3-5-12;/h1-11,19,23-24H;. The summed E-state index contributed by atoms with van der Waals surface area (Å²) in [5.74, 6) is -0.374. The van der Waals surface area contributed by atoms with Crippen LogP contribution in [0.25, 0.3) is 0 Å².